The van der Waals surface area contributed by atoms with Crippen LogP contribution in [0, 0.1) is 24.7 Å². The average Bonchev–Trinajstić information content (AvgIpc) is 3.71. The van der Waals surface area contributed by atoms with Gasteiger partial charge < -0.3 is 24.3 Å². The number of rotatable bonds is 7. The Labute approximate surface area is 217 Å². The number of nitrogens with zero attached hydrogens (tertiary/aromatic N) is 2. The molecule has 3 fully saturated rings. The van der Waals surface area contributed by atoms with Crippen molar-refractivity contribution in [3.63, 3.8) is 0 Å². The Bertz CT molecular complexity index is 1250. The molecule has 194 valence electrons. The van der Waals surface area contributed by atoms with Crippen LogP contribution in [0.4, 0.5) is 0 Å². The lowest BCUT2D eigenvalue weighted by molar-refractivity contribution is -0.125. The van der Waals surface area contributed by atoms with Gasteiger partial charge in [-0.25, -0.2) is 0 Å². The van der Waals surface area contributed by atoms with Gasteiger partial charge in [0.05, 0.1) is 18.6 Å². The second-order valence-corrected chi connectivity index (χ2v) is 10.9. The molecule has 37 heavy (non-hydrogen) atoms. The van der Waals surface area contributed by atoms with Crippen molar-refractivity contribution >= 4 is 22.8 Å². The van der Waals surface area contributed by atoms with Crippen molar-refractivity contribution in [1.29, 1.82) is 0 Å². The van der Waals surface area contributed by atoms with E-state index in [4.69, 9.17) is 9.15 Å². The number of carbonyl (C=O) groups excluding carboxylic acids is 2. The third-order valence-electron chi connectivity index (χ3n) is 8.44. The molecule has 4 atom stereocenters. The number of hydrogen-bond acceptors (Lipinski definition) is 5. The zero-order valence-corrected chi connectivity index (χ0v) is 21.4. The summed E-state index contributed by atoms with van der Waals surface area (Å²) in [7, 11) is 0. The summed E-state index contributed by atoms with van der Waals surface area (Å²) in [5.74, 6) is 1.50. The number of furan rings is 1. The van der Waals surface area contributed by atoms with Crippen LogP contribution in [0.15, 0.2) is 59.0 Å². The van der Waals surface area contributed by atoms with Crippen molar-refractivity contribution < 1.29 is 18.7 Å². The van der Waals surface area contributed by atoms with Crippen LogP contribution in [0.1, 0.15) is 40.6 Å². The topological polar surface area (TPSA) is 75.0 Å². The second-order valence-electron chi connectivity index (χ2n) is 10.9. The standard InChI is InChI=1S/C30H35N3O4/c1-20-25-9-5-6-10-27(25)37-28(20)30(35)33-17-23-15-32(16-24(23)18-33)13-11-26(21-7-3-2-4-8-21)31-29(34)22-12-14-36-19-22/h2-10,22-24,26H,11-19H2,1H3,(H,31,34)/t22?,23-,24?,26?/m0/s1. The van der Waals surface area contributed by atoms with E-state index >= 15 is 0 Å². The van der Waals surface area contributed by atoms with E-state index < -0.39 is 0 Å². The molecule has 0 spiro atoms. The molecule has 4 heterocycles. The number of likely N-dealkylation sites (tertiary alicyclic amines) is 2. The number of ether oxygens (including phenoxy) is 1. The van der Waals surface area contributed by atoms with Crippen molar-refractivity contribution in [1.82, 2.24) is 15.1 Å². The van der Waals surface area contributed by atoms with Crippen molar-refractivity contribution in [3.05, 3.63) is 71.5 Å². The quantitative estimate of drug-likeness (QED) is 0.529. The minimum Gasteiger partial charge on any atom is -0.451 e. The van der Waals surface area contributed by atoms with Crippen molar-refractivity contribution in [3.8, 4) is 0 Å². The van der Waals surface area contributed by atoms with E-state index in [2.05, 4.69) is 22.3 Å². The Morgan fingerprint density at radius 3 is 2.43 bits per heavy atom. The monoisotopic (exact) mass is 501 g/mol. The molecule has 0 bridgehead atoms. The van der Waals surface area contributed by atoms with Crippen LogP contribution in [-0.4, -0.2) is 67.6 Å². The van der Waals surface area contributed by atoms with Gasteiger partial charge in [-0.3, -0.25) is 9.59 Å². The Morgan fingerprint density at radius 1 is 1.00 bits per heavy atom. The minimum atomic E-state index is -0.0451. The highest BCUT2D eigenvalue weighted by atomic mass is 16.5. The summed E-state index contributed by atoms with van der Waals surface area (Å²) in [5.41, 5.74) is 2.85. The zero-order chi connectivity index (χ0) is 25.4. The van der Waals surface area contributed by atoms with E-state index in [1.165, 1.54) is 0 Å². The fraction of sp³-hybridized carbons (Fsp3) is 0.467. The van der Waals surface area contributed by atoms with E-state index in [0.717, 1.165) is 67.7 Å². The Morgan fingerprint density at radius 2 is 1.73 bits per heavy atom. The molecule has 3 unspecified atom stereocenters. The molecule has 3 aliphatic heterocycles. The number of benzene rings is 2. The van der Waals surface area contributed by atoms with E-state index in [1.54, 1.807) is 0 Å². The summed E-state index contributed by atoms with van der Waals surface area (Å²) in [5, 5.41) is 4.31. The molecule has 1 N–H and O–H groups in total. The predicted molar refractivity (Wildman–Crippen MR) is 141 cm³/mol. The van der Waals surface area contributed by atoms with Crippen LogP contribution >= 0.6 is 0 Å². The Hall–Kier alpha value is -3.16. The maximum atomic E-state index is 13.3. The Balaban J connectivity index is 1.05. The summed E-state index contributed by atoms with van der Waals surface area (Å²) < 4.78 is 11.4. The molecule has 0 radical (unpaired) electrons. The largest absolute Gasteiger partial charge is 0.451 e. The van der Waals surface area contributed by atoms with Gasteiger partial charge in [-0.2, -0.15) is 0 Å². The second kappa shape index (κ2) is 10.3. The fourth-order valence-electron chi connectivity index (χ4n) is 6.31. The average molecular weight is 502 g/mol. The van der Waals surface area contributed by atoms with Crippen LogP contribution in [0.5, 0.6) is 0 Å². The zero-order valence-electron chi connectivity index (χ0n) is 21.4. The van der Waals surface area contributed by atoms with Crippen LogP contribution in [0.3, 0.4) is 0 Å². The number of fused-ring (bicyclic) bond motifs is 2. The smallest absolute Gasteiger partial charge is 0.289 e. The number of nitrogens with one attached hydrogen (secondary N) is 1. The molecule has 2 aromatic carbocycles. The van der Waals surface area contributed by atoms with Gasteiger partial charge in [0.25, 0.3) is 5.91 Å². The first-order valence-electron chi connectivity index (χ1n) is 13.5. The molecule has 0 saturated carbocycles. The number of amides is 2. The molecular formula is C30H35N3O4. The molecule has 3 saturated heterocycles. The van der Waals surface area contributed by atoms with E-state index in [1.807, 2.05) is 54.3 Å². The maximum absolute atomic E-state index is 13.3. The van der Waals surface area contributed by atoms with Gasteiger partial charge in [0.15, 0.2) is 5.76 Å². The summed E-state index contributed by atoms with van der Waals surface area (Å²) in [4.78, 5) is 30.6. The molecule has 3 aliphatic rings. The number of aryl methyl sites for hydroxylation is 1. The van der Waals surface area contributed by atoms with Gasteiger partial charge in [0.1, 0.15) is 5.58 Å². The van der Waals surface area contributed by atoms with Crippen LogP contribution in [0.25, 0.3) is 11.0 Å². The van der Waals surface area contributed by atoms with E-state index in [9.17, 15) is 9.59 Å². The number of hydrogen-bond donors (Lipinski definition) is 1. The first-order chi connectivity index (χ1) is 18.1. The van der Waals surface area contributed by atoms with Gasteiger partial charge in [0.2, 0.25) is 5.91 Å². The first kappa shape index (κ1) is 24.2. The third-order valence-corrected chi connectivity index (χ3v) is 8.44. The van der Waals surface area contributed by atoms with Crippen LogP contribution in [-0.2, 0) is 9.53 Å². The van der Waals surface area contributed by atoms with Crippen molar-refractivity contribution in [2.24, 2.45) is 17.8 Å². The van der Waals surface area contributed by atoms with Gasteiger partial charge in [0, 0.05) is 50.3 Å². The molecule has 6 rings (SSSR count). The molecule has 1 aromatic heterocycles. The minimum absolute atomic E-state index is 0.0103. The van der Waals surface area contributed by atoms with Crippen molar-refractivity contribution in [2.75, 3.05) is 45.9 Å². The Kier molecular flexibility index (Phi) is 6.74. The van der Waals surface area contributed by atoms with E-state index in [0.29, 0.717) is 30.8 Å². The van der Waals surface area contributed by atoms with Gasteiger partial charge in [-0.15, -0.1) is 0 Å². The highest BCUT2D eigenvalue weighted by molar-refractivity contribution is 5.99. The van der Waals surface area contributed by atoms with Crippen molar-refractivity contribution in [2.45, 2.75) is 25.8 Å². The molecule has 3 aromatic rings. The van der Waals surface area contributed by atoms with Gasteiger partial charge in [-0.05, 0) is 43.2 Å². The molecule has 7 heteroatoms. The highest BCUT2D eigenvalue weighted by Crippen LogP contribution is 2.34. The summed E-state index contributed by atoms with van der Waals surface area (Å²) >= 11 is 0. The van der Waals surface area contributed by atoms with Gasteiger partial charge in [-0.1, -0.05) is 48.5 Å². The lowest BCUT2D eigenvalue weighted by Crippen LogP contribution is -2.37. The summed E-state index contributed by atoms with van der Waals surface area (Å²) in [6.07, 6.45) is 1.66. The summed E-state index contributed by atoms with van der Waals surface area (Å²) in [6.45, 7) is 7.60. The first-order valence-corrected chi connectivity index (χ1v) is 13.5. The molecular weight excluding hydrogens is 466 g/mol. The normalized spacial score (nSPS) is 24.5. The maximum Gasteiger partial charge on any atom is 0.289 e. The van der Waals surface area contributed by atoms with Gasteiger partial charge >= 0.3 is 0 Å². The van der Waals surface area contributed by atoms with Crippen LogP contribution < -0.4 is 5.32 Å². The molecule has 0 aliphatic carbocycles. The SMILES string of the molecule is Cc1c(C(=O)N2CC3CN(CCC(NC(=O)C4CCOC4)c4ccccc4)C[C@H]3C2)oc2ccccc12. The third kappa shape index (κ3) is 4.90. The number of para-hydroxylation sites is 1. The highest BCUT2D eigenvalue weighted by Gasteiger charge is 2.42. The predicted octanol–water partition coefficient (Wildman–Crippen LogP) is 4.03. The lowest BCUT2D eigenvalue weighted by Gasteiger charge is -2.25. The molecule has 7 nitrogen and oxygen atoms in total. The number of carbonyl (C=O) groups is 2. The van der Waals surface area contributed by atoms with E-state index in [-0.39, 0.29) is 23.8 Å². The summed E-state index contributed by atoms with van der Waals surface area (Å²) in [6, 6.07) is 18.1. The fourth-order valence-corrected chi connectivity index (χ4v) is 6.31. The molecule has 2 amide bonds. The lowest BCUT2D eigenvalue weighted by atomic mass is 10.0. The van der Waals surface area contributed by atoms with Crippen LogP contribution in [0.2, 0.25) is 0 Å².